The van der Waals surface area contributed by atoms with E-state index in [2.05, 4.69) is 20.0 Å². The van der Waals surface area contributed by atoms with E-state index >= 15 is 0 Å². The maximum absolute atomic E-state index is 13.8. The Hall–Kier alpha value is -3.33. The first-order chi connectivity index (χ1) is 19.3. The Morgan fingerprint density at radius 1 is 1.27 bits per heavy atom. The number of nitrogens with two attached hydrogens (primary N) is 2. The Labute approximate surface area is 237 Å². The second kappa shape index (κ2) is 12.3. The summed E-state index contributed by atoms with van der Waals surface area (Å²) in [5.74, 6) is -0.266. The van der Waals surface area contributed by atoms with Crippen molar-refractivity contribution in [2.24, 2.45) is 5.73 Å². The number of para-hydroxylation sites is 1. The van der Waals surface area contributed by atoms with Gasteiger partial charge in [0, 0.05) is 0 Å². The minimum atomic E-state index is -4.21. The summed E-state index contributed by atoms with van der Waals surface area (Å²) in [5, 5.41) is 13.7. The van der Waals surface area contributed by atoms with Gasteiger partial charge < -0.3 is 35.3 Å². The lowest BCUT2D eigenvalue weighted by atomic mass is 9.93. The zero-order valence-electron chi connectivity index (χ0n) is 23.5. The van der Waals surface area contributed by atoms with Crippen LogP contribution < -0.4 is 25.8 Å². The lowest BCUT2D eigenvalue weighted by Crippen LogP contribution is -2.52. The predicted molar refractivity (Wildman–Crippen MR) is 148 cm³/mol. The molecule has 1 aliphatic heterocycles. The van der Waals surface area contributed by atoms with Gasteiger partial charge in [-0.05, 0) is 46.8 Å². The highest BCUT2D eigenvalue weighted by Crippen LogP contribution is 2.47. The number of rotatable bonds is 12. The average Bonchev–Trinajstić information content (AvgIpc) is 3.41. The van der Waals surface area contributed by atoms with Crippen LogP contribution in [0.4, 0.5) is 5.95 Å². The SMILES string of the molecule is CCOc1nc(N)nc2c1ncn2[C@@H]1O[C@H](CO[P@](=O)(N[C@H](C)C(=O)OC(C)C)Oc2ccccc2)[C@@H](O)[C@@]1(C)N. The van der Waals surface area contributed by atoms with Crippen molar-refractivity contribution in [1.82, 2.24) is 24.6 Å². The van der Waals surface area contributed by atoms with Crippen LogP contribution in [-0.2, 0) is 23.4 Å². The second-order valence-electron chi connectivity index (χ2n) is 10.0. The summed E-state index contributed by atoms with van der Waals surface area (Å²) in [6, 6.07) is 7.25. The van der Waals surface area contributed by atoms with Crippen molar-refractivity contribution in [2.45, 2.75) is 70.7 Å². The number of aliphatic hydroxyl groups is 1. The van der Waals surface area contributed by atoms with Crippen LogP contribution >= 0.6 is 7.75 Å². The van der Waals surface area contributed by atoms with Gasteiger partial charge in [-0.15, -0.1) is 0 Å². The number of benzene rings is 1. The van der Waals surface area contributed by atoms with Crippen LogP contribution in [0, 0.1) is 0 Å². The smallest absolute Gasteiger partial charge is 0.459 e. The molecule has 1 saturated heterocycles. The molecular weight excluding hydrogens is 557 g/mol. The number of fused-ring (bicyclic) bond motifs is 1. The third kappa shape index (κ3) is 6.77. The van der Waals surface area contributed by atoms with Crippen LogP contribution in [0.2, 0.25) is 0 Å². The summed E-state index contributed by atoms with van der Waals surface area (Å²) in [6.07, 6.45) is -2.29. The standard InChI is InChI=1S/C25H36N7O8P/c1-6-36-21-18-20(29-24(26)30-21)32(13-28-18)23-25(5,27)19(33)17(39-23)12-37-41(35,40-16-10-8-7-9-11-16)31-15(4)22(34)38-14(2)3/h7-11,13-15,17,19,23,33H,6,12,27H2,1-5H3,(H,31,35)(H2,26,29,30)/t15-,17-,19-,23-,25-,41-/m1/s1. The molecule has 0 radical (unpaired) electrons. The van der Waals surface area contributed by atoms with E-state index in [0.717, 1.165) is 0 Å². The van der Waals surface area contributed by atoms with Gasteiger partial charge in [0.1, 0.15) is 24.0 Å². The van der Waals surface area contributed by atoms with E-state index in [9.17, 15) is 14.5 Å². The minimum absolute atomic E-state index is 0.0463. The van der Waals surface area contributed by atoms with Crippen molar-refractivity contribution >= 4 is 30.8 Å². The van der Waals surface area contributed by atoms with Gasteiger partial charge >= 0.3 is 13.7 Å². The monoisotopic (exact) mass is 593 g/mol. The fourth-order valence-electron chi connectivity index (χ4n) is 4.25. The predicted octanol–water partition coefficient (Wildman–Crippen LogP) is 1.92. The number of aromatic nitrogens is 4. The quantitative estimate of drug-likeness (QED) is 0.175. The van der Waals surface area contributed by atoms with Gasteiger partial charge in [0.25, 0.3) is 0 Å². The first-order valence-electron chi connectivity index (χ1n) is 13.1. The molecule has 6 atom stereocenters. The Morgan fingerprint density at radius 2 is 1.98 bits per heavy atom. The molecule has 2 aromatic heterocycles. The number of esters is 1. The molecule has 224 valence electrons. The number of nitrogen functional groups attached to an aromatic ring is 1. The number of hydrogen-bond acceptors (Lipinski definition) is 13. The number of aliphatic hydroxyl groups excluding tert-OH is 1. The summed E-state index contributed by atoms with van der Waals surface area (Å²) in [7, 11) is -4.21. The highest BCUT2D eigenvalue weighted by molar-refractivity contribution is 7.52. The van der Waals surface area contributed by atoms with E-state index in [1.807, 2.05) is 0 Å². The number of hydrogen-bond donors (Lipinski definition) is 4. The topological polar surface area (TPSA) is 208 Å². The number of carbonyl (C=O) groups excluding carboxylic acids is 1. The molecule has 1 fully saturated rings. The number of ether oxygens (including phenoxy) is 3. The summed E-state index contributed by atoms with van der Waals surface area (Å²) < 4.78 is 43.6. The number of anilines is 1. The van der Waals surface area contributed by atoms with Gasteiger partial charge in [-0.25, -0.2) is 9.55 Å². The first-order valence-corrected chi connectivity index (χ1v) is 14.6. The van der Waals surface area contributed by atoms with Gasteiger partial charge in [-0.1, -0.05) is 18.2 Å². The lowest BCUT2D eigenvalue weighted by Gasteiger charge is -2.28. The maximum atomic E-state index is 13.8. The molecular formula is C25H36N7O8P. The summed E-state index contributed by atoms with van der Waals surface area (Å²) in [4.78, 5) is 25.1. The van der Waals surface area contributed by atoms with Crippen LogP contribution in [-0.4, -0.2) is 73.7 Å². The molecule has 1 aromatic carbocycles. The first kappa shape index (κ1) is 30.6. The number of imidazole rings is 1. The number of nitrogens with zero attached hydrogens (tertiary/aromatic N) is 4. The van der Waals surface area contributed by atoms with Gasteiger partial charge in [0.05, 0.1) is 31.2 Å². The number of carbonyl (C=O) groups is 1. The van der Waals surface area contributed by atoms with Gasteiger partial charge in [0.15, 0.2) is 17.4 Å². The molecule has 0 saturated carbocycles. The zero-order chi connectivity index (χ0) is 29.9. The highest BCUT2D eigenvalue weighted by Gasteiger charge is 2.53. The van der Waals surface area contributed by atoms with E-state index in [-0.39, 0.29) is 29.3 Å². The lowest BCUT2D eigenvalue weighted by molar-refractivity contribution is -0.149. The molecule has 1 aliphatic rings. The van der Waals surface area contributed by atoms with Crippen LogP contribution in [0.25, 0.3) is 11.2 Å². The van der Waals surface area contributed by atoms with E-state index in [1.54, 1.807) is 58.0 Å². The molecule has 4 rings (SSSR count). The van der Waals surface area contributed by atoms with Crippen molar-refractivity contribution in [3.63, 3.8) is 0 Å². The van der Waals surface area contributed by atoms with Crippen molar-refractivity contribution in [2.75, 3.05) is 18.9 Å². The molecule has 0 unspecified atom stereocenters. The van der Waals surface area contributed by atoms with Crippen molar-refractivity contribution in [3.05, 3.63) is 36.7 Å². The summed E-state index contributed by atoms with van der Waals surface area (Å²) in [5.41, 5.74) is 11.7. The van der Waals surface area contributed by atoms with Crippen molar-refractivity contribution < 1.29 is 37.7 Å². The van der Waals surface area contributed by atoms with E-state index in [4.69, 9.17) is 34.7 Å². The van der Waals surface area contributed by atoms with Crippen LogP contribution in [0.1, 0.15) is 40.8 Å². The zero-order valence-corrected chi connectivity index (χ0v) is 24.4. The Morgan fingerprint density at radius 3 is 2.63 bits per heavy atom. The minimum Gasteiger partial charge on any atom is -0.476 e. The normalized spacial score (nSPS) is 24.7. The Bertz CT molecular complexity index is 1400. The maximum Gasteiger partial charge on any atom is 0.459 e. The van der Waals surface area contributed by atoms with E-state index < -0.39 is 50.3 Å². The molecule has 0 aliphatic carbocycles. The molecule has 3 aromatic rings. The molecule has 0 amide bonds. The van der Waals surface area contributed by atoms with E-state index in [0.29, 0.717) is 12.1 Å². The molecule has 0 spiro atoms. The molecule has 15 nitrogen and oxygen atoms in total. The number of nitrogens with one attached hydrogen (secondary N) is 1. The van der Waals surface area contributed by atoms with Crippen LogP contribution in [0.3, 0.4) is 0 Å². The molecule has 16 heteroatoms. The molecule has 6 N–H and O–H groups in total. The molecule has 0 bridgehead atoms. The fourth-order valence-corrected chi connectivity index (χ4v) is 5.75. The summed E-state index contributed by atoms with van der Waals surface area (Å²) >= 11 is 0. The summed E-state index contributed by atoms with van der Waals surface area (Å²) in [6.45, 7) is 8.16. The van der Waals surface area contributed by atoms with Crippen LogP contribution in [0.5, 0.6) is 11.6 Å². The van der Waals surface area contributed by atoms with E-state index in [1.165, 1.54) is 17.8 Å². The van der Waals surface area contributed by atoms with Crippen molar-refractivity contribution in [3.8, 4) is 11.6 Å². The van der Waals surface area contributed by atoms with Gasteiger partial charge in [0.2, 0.25) is 11.8 Å². The third-order valence-corrected chi connectivity index (χ3v) is 7.84. The average molecular weight is 594 g/mol. The highest BCUT2D eigenvalue weighted by atomic mass is 31.2. The fraction of sp³-hybridized carbons (Fsp3) is 0.520. The van der Waals surface area contributed by atoms with Crippen molar-refractivity contribution in [1.29, 1.82) is 0 Å². The van der Waals surface area contributed by atoms with Gasteiger partial charge in [-0.2, -0.15) is 15.1 Å². The molecule has 3 heterocycles. The Balaban J connectivity index is 1.56. The largest absolute Gasteiger partial charge is 0.476 e. The third-order valence-electron chi connectivity index (χ3n) is 6.20. The second-order valence-corrected chi connectivity index (χ2v) is 11.7. The molecule has 41 heavy (non-hydrogen) atoms. The van der Waals surface area contributed by atoms with Crippen LogP contribution in [0.15, 0.2) is 36.7 Å². The van der Waals surface area contributed by atoms with Gasteiger partial charge in [-0.3, -0.25) is 13.9 Å². The Kier molecular flexibility index (Phi) is 9.16.